The van der Waals surface area contributed by atoms with Crippen molar-refractivity contribution < 1.29 is 9.53 Å². The van der Waals surface area contributed by atoms with Gasteiger partial charge in [-0.2, -0.15) is 0 Å². The first kappa shape index (κ1) is 16.0. The minimum Gasteiger partial charge on any atom is -0.385 e. The fourth-order valence-electron chi connectivity index (χ4n) is 1.99. The SMILES string of the molecule is COCCCNc1ccc(NC(=O)Cc2ccccc2)cn1. The van der Waals surface area contributed by atoms with Gasteiger partial charge in [0, 0.05) is 20.3 Å². The standard InChI is InChI=1S/C17H21N3O2/c1-22-11-5-10-18-16-9-8-15(13-19-16)20-17(21)12-14-6-3-2-4-7-14/h2-4,6-9,13H,5,10-12H2,1H3,(H,18,19)(H,20,21). The average molecular weight is 299 g/mol. The van der Waals surface area contributed by atoms with E-state index in [2.05, 4.69) is 15.6 Å². The second kappa shape index (κ2) is 8.79. The molecule has 0 saturated heterocycles. The normalized spacial score (nSPS) is 10.2. The topological polar surface area (TPSA) is 63.2 Å². The van der Waals surface area contributed by atoms with Gasteiger partial charge in [-0.1, -0.05) is 30.3 Å². The van der Waals surface area contributed by atoms with Gasteiger partial charge in [0.25, 0.3) is 0 Å². The van der Waals surface area contributed by atoms with Crippen LogP contribution in [0.1, 0.15) is 12.0 Å². The summed E-state index contributed by atoms with van der Waals surface area (Å²) in [6.07, 6.45) is 2.94. The van der Waals surface area contributed by atoms with Crippen LogP contribution >= 0.6 is 0 Å². The molecular formula is C17H21N3O2. The first-order valence-corrected chi connectivity index (χ1v) is 7.30. The van der Waals surface area contributed by atoms with Gasteiger partial charge >= 0.3 is 0 Å². The third-order valence-corrected chi connectivity index (χ3v) is 3.09. The number of carbonyl (C=O) groups excluding carboxylic acids is 1. The van der Waals surface area contributed by atoms with E-state index in [1.54, 1.807) is 13.3 Å². The van der Waals surface area contributed by atoms with E-state index in [4.69, 9.17) is 4.74 Å². The molecule has 0 radical (unpaired) electrons. The molecule has 1 aromatic carbocycles. The van der Waals surface area contributed by atoms with Crippen LogP contribution in [0.15, 0.2) is 48.7 Å². The minimum absolute atomic E-state index is 0.0474. The molecule has 2 aromatic rings. The Labute approximate surface area is 130 Å². The number of methoxy groups -OCH3 is 1. The number of amides is 1. The number of pyridine rings is 1. The summed E-state index contributed by atoms with van der Waals surface area (Å²) in [5.74, 6) is 0.742. The van der Waals surface area contributed by atoms with Crippen molar-refractivity contribution in [3.63, 3.8) is 0 Å². The zero-order valence-corrected chi connectivity index (χ0v) is 12.7. The number of ether oxygens (including phenoxy) is 1. The zero-order chi connectivity index (χ0) is 15.6. The van der Waals surface area contributed by atoms with E-state index in [-0.39, 0.29) is 5.91 Å². The summed E-state index contributed by atoms with van der Waals surface area (Å²) in [7, 11) is 1.69. The van der Waals surface area contributed by atoms with Crippen molar-refractivity contribution >= 4 is 17.4 Å². The summed E-state index contributed by atoms with van der Waals surface area (Å²) in [6.45, 7) is 1.53. The zero-order valence-electron chi connectivity index (χ0n) is 12.7. The molecule has 22 heavy (non-hydrogen) atoms. The average Bonchev–Trinajstić information content (AvgIpc) is 2.54. The van der Waals surface area contributed by atoms with E-state index >= 15 is 0 Å². The van der Waals surface area contributed by atoms with Gasteiger partial charge in [0.15, 0.2) is 0 Å². The van der Waals surface area contributed by atoms with Gasteiger partial charge in [-0.15, -0.1) is 0 Å². The Hall–Kier alpha value is -2.40. The number of hydrogen-bond donors (Lipinski definition) is 2. The molecule has 0 aliphatic rings. The van der Waals surface area contributed by atoms with Gasteiger partial charge in [-0.3, -0.25) is 4.79 Å². The van der Waals surface area contributed by atoms with E-state index in [1.807, 2.05) is 42.5 Å². The molecule has 0 fully saturated rings. The van der Waals surface area contributed by atoms with Crippen LogP contribution in [0.4, 0.5) is 11.5 Å². The Bertz CT molecular complexity index is 570. The first-order valence-electron chi connectivity index (χ1n) is 7.30. The lowest BCUT2D eigenvalue weighted by Gasteiger charge is -2.08. The van der Waals surface area contributed by atoms with E-state index in [0.29, 0.717) is 12.1 Å². The summed E-state index contributed by atoms with van der Waals surface area (Å²) in [5.41, 5.74) is 1.69. The molecule has 0 spiro atoms. The number of hydrogen-bond acceptors (Lipinski definition) is 4. The van der Waals surface area contributed by atoms with Crippen molar-refractivity contribution in [3.8, 4) is 0 Å². The van der Waals surface area contributed by atoms with Gasteiger partial charge in [0.2, 0.25) is 5.91 Å². The quantitative estimate of drug-likeness (QED) is 0.736. The third-order valence-electron chi connectivity index (χ3n) is 3.09. The van der Waals surface area contributed by atoms with Crippen molar-refractivity contribution in [3.05, 3.63) is 54.2 Å². The lowest BCUT2D eigenvalue weighted by atomic mass is 10.1. The summed E-state index contributed by atoms with van der Waals surface area (Å²) in [4.78, 5) is 16.2. The predicted octanol–water partition coefficient (Wildman–Crippen LogP) is 2.71. The molecular weight excluding hydrogens is 278 g/mol. The Balaban J connectivity index is 1.79. The Kier molecular flexibility index (Phi) is 6.39. The summed E-state index contributed by atoms with van der Waals surface area (Å²) < 4.78 is 4.98. The van der Waals surface area contributed by atoms with Crippen LogP contribution < -0.4 is 10.6 Å². The Morgan fingerprint density at radius 2 is 2.00 bits per heavy atom. The van der Waals surface area contributed by atoms with E-state index in [9.17, 15) is 4.79 Å². The first-order chi connectivity index (χ1) is 10.8. The van der Waals surface area contributed by atoms with Crippen LogP contribution in [-0.2, 0) is 16.0 Å². The van der Waals surface area contributed by atoms with Crippen LogP contribution in [0.2, 0.25) is 0 Å². The van der Waals surface area contributed by atoms with Crippen molar-refractivity contribution in [1.29, 1.82) is 0 Å². The summed E-state index contributed by atoms with van der Waals surface area (Å²) >= 11 is 0. The molecule has 0 unspecified atom stereocenters. The van der Waals surface area contributed by atoms with Crippen LogP contribution in [-0.4, -0.2) is 31.2 Å². The van der Waals surface area contributed by atoms with Gasteiger partial charge in [0.1, 0.15) is 5.82 Å². The highest BCUT2D eigenvalue weighted by atomic mass is 16.5. The molecule has 5 nitrogen and oxygen atoms in total. The monoisotopic (exact) mass is 299 g/mol. The number of anilines is 2. The number of rotatable bonds is 8. The van der Waals surface area contributed by atoms with E-state index in [0.717, 1.165) is 31.0 Å². The molecule has 116 valence electrons. The predicted molar refractivity (Wildman–Crippen MR) is 88.0 cm³/mol. The lowest BCUT2D eigenvalue weighted by Crippen LogP contribution is -2.14. The summed E-state index contributed by atoms with van der Waals surface area (Å²) in [6, 6.07) is 13.3. The van der Waals surface area contributed by atoms with Crippen LogP contribution in [0.5, 0.6) is 0 Å². The molecule has 0 saturated carbocycles. The number of nitrogens with one attached hydrogen (secondary N) is 2. The molecule has 1 amide bonds. The van der Waals surface area contributed by atoms with Crippen molar-refractivity contribution in [2.24, 2.45) is 0 Å². The van der Waals surface area contributed by atoms with E-state index in [1.165, 1.54) is 0 Å². The molecule has 0 bridgehead atoms. The van der Waals surface area contributed by atoms with Crippen molar-refractivity contribution in [1.82, 2.24) is 4.98 Å². The number of carbonyl (C=O) groups is 1. The van der Waals surface area contributed by atoms with Crippen molar-refractivity contribution in [2.75, 3.05) is 30.9 Å². The van der Waals surface area contributed by atoms with Crippen LogP contribution in [0.3, 0.4) is 0 Å². The second-order valence-electron chi connectivity index (χ2n) is 4.92. The second-order valence-corrected chi connectivity index (χ2v) is 4.92. The highest BCUT2D eigenvalue weighted by Crippen LogP contribution is 2.10. The fourth-order valence-corrected chi connectivity index (χ4v) is 1.99. The number of nitrogens with zero attached hydrogens (tertiary/aromatic N) is 1. The molecule has 0 aliphatic heterocycles. The molecule has 0 atom stereocenters. The molecule has 0 aliphatic carbocycles. The van der Waals surface area contributed by atoms with Crippen LogP contribution in [0.25, 0.3) is 0 Å². The third kappa shape index (κ3) is 5.54. The number of aromatic nitrogens is 1. The largest absolute Gasteiger partial charge is 0.385 e. The summed E-state index contributed by atoms with van der Waals surface area (Å²) in [5, 5.41) is 6.04. The highest BCUT2D eigenvalue weighted by Gasteiger charge is 2.04. The Morgan fingerprint density at radius 1 is 1.18 bits per heavy atom. The maximum Gasteiger partial charge on any atom is 0.228 e. The van der Waals surface area contributed by atoms with Gasteiger partial charge in [-0.25, -0.2) is 4.98 Å². The smallest absolute Gasteiger partial charge is 0.228 e. The molecule has 2 rings (SSSR count). The fraction of sp³-hybridized carbons (Fsp3) is 0.294. The lowest BCUT2D eigenvalue weighted by molar-refractivity contribution is -0.115. The van der Waals surface area contributed by atoms with E-state index < -0.39 is 0 Å². The minimum atomic E-state index is -0.0474. The maximum atomic E-state index is 11.9. The molecule has 5 heteroatoms. The highest BCUT2D eigenvalue weighted by molar-refractivity contribution is 5.92. The van der Waals surface area contributed by atoms with Gasteiger partial charge in [0.05, 0.1) is 18.3 Å². The van der Waals surface area contributed by atoms with Crippen LogP contribution in [0, 0.1) is 0 Å². The van der Waals surface area contributed by atoms with Gasteiger partial charge in [-0.05, 0) is 24.1 Å². The van der Waals surface area contributed by atoms with Crippen molar-refractivity contribution in [2.45, 2.75) is 12.8 Å². The Morgan fingerprint density at radius 3 is 2.68 bits per heavy atom. The van der Waals surface area contributed by atoms with Gasteiger partial charge < -0.3 is 15.4 Å². The number of benzene rings is 1. The maximum absolute atomic E-state index is 11.9. The molecule has 1 heterocycles. The molecule has 1 aromatic heterocycles. The molecule has 2 N–H and O–H groups in total.